The van der Waals surface area contributed by atoms with E-state index in [0.29, 0.717) is 6.61 Å². The maximum Gasteiger partial charge on any atom is 0.161 e. The Kier molecular flexibility index (Phi) is 5.34. The molecule has 0 bridgehead atoms. The van der Waals surface area contributed by atoms with Gasteiger partial charge in [-0.2, -0.15) is 0 Å². The molecule has 0 atom stereocenters. The molecule has 0 aromatic heterocycles. The van der Waals surface area contributed by atoms with Crippen molar-refractivity contribution in [1.82, 2.24) is 0 Å². The summed E-state index contributed by atoms with van der Waals surface area (Å²) in [5, 5.41) is 2.43. The lowest BCUT2D eigenvalue weighted by atomic mass is 10.2. The van der Waals surface area contributed by atoms with Gasteiger partial charge in [-0.3, -0.25) is 0 Å². The summed E-state index contributed by atoms with van der Waals surface area (Å²) >= 11 is 0. The lowest BCUT2D eigenvalue weighted by Crippen LogP contribution is -2.90. The Morgan fingerprint density at radius 1 is 1.11 bits per heavy atom. The molecular formula is C15H24NO2+. The second-order valence-electron chi connectivity index (χ2n) is 4.80. The predicted octanol–water partition coefficient (Wildman–Crippen LogP) is 1.97. The molecule has 3 heteroatoms. The van der Waals surface area contributed by atoms with E-state index in [4.69, 9.17) is 9.47 Å². The van der Waals surface area contributed by atoms with Crippen molar-refractivity contribution in [2.24, 2.45) is 0 Å². The lowest BCUT2D eigenvalue weighted by Gasteiger charge is -2.12. The van der Waals surface area contributed by atoms with E-state index < -0.39 is 0 Å². The predicted molar refractivity (Wildman–Crippen MR) is 72.2 cm³/mol. The Bertz CT molecular complexity index is 348. The first-order chi connectivity index (χ1) is 8.90. The molecule has 0 radical (unpaired) electrons. The van der Waals surface area contributed by atoms with Crippen molar-refractivity contribution in [3.05, 3.63) is 24.3 Å². The molecule has 3 nitrogen and oxygen atoms in total. The fourth-order valence-electron chi connectivity index (χ4n) is 2.51. The van der Waals surface area contributed by atoms with E-state index >= 15 is 0 Å². The van der Waals surface area contributed by atoms with Crippen molar-refractivity contribution in [3.63, 3.8) is 0 Å². The van der Waals surface area contributed by atoms with Gasteiger partial charge in [-0.1, -0.05) is 12.1 Å². The van der Waals surface area contributed by atoms with Gasteiger partial charge in [0.1, 0.15) is 13.2 Å². The monoisotopic (exact) mass is 250 g/mol. The van der Waals surface area contributed by atoms with Gasteiger partial charge in [-0.25, -0.2) is 0 Å². The van der Waals surface area contributed by atoms with E-state index in [1.165, 1.54) is 25.7 Å². The van der Waals surface area contributed by atoms with Crippen LogP contribution in [0.4, 0.5) is 0 Å². The van der Waals surface area contributed by atoms with Gasteiger partial charge in [0.2, 0.25) is 0 Å². The minimum atomic E-state index is 0.675. The Hall–Kier alpha value is -1.22. The quantitative estimate of drug-likeness (QED) is 0.751. The molecular weight excluding hydrogens is 226 g/mol. The summed E-state index contributed by atoms with van der Waals surface area (Å²) in [6, 6.07) is 8.72. The topological polar surface area (TPSA) is 35.1 Å². The number of para-hydroxylation sites is 2. The zero-order valence-electron chi connectivity index (χ0n) is 11.2. The normalized spacial score (nSPS) is 15.8. The minimum Gasteiger partial charge on any atom is -0.490 e. The van der Waals surface area contributed by atoms with Crippen LogP contribution < -0.4 is 14.8 Å². The first-order valence-electron chi connectivity index (χ1n) is 7.08. The van der Waals surface area contributed by atoms with Crippen LogP contribution in [0.3, 0.4) is 0 Å². The molecule has 2 rings (SSSR count). The van der Waals surface area contributed by atoms with Gasteiger partial charge in [0, 0.05) is 0 Å². The number of rotatable bonds is 7. The van der Waals surface area contributed by atoms with Gasteiger partial charge in [-0.05, 0) is 44.7 Å². The van der Waals surface area contributed by atoms with Crippen molar-refractivity contribution in [2.45, 2.75) is 38.6 Å². The van der Waals surface area contributed by atoms with Crippen LogP contribution in [0.1, 0.15) is 32.6 Å². The zero-order chi connectivity index (χ0) is 12.6. The zero-order valence-corrected chi connectivity index (χ0v) is 11.2. The summed E-state index contributed by atoms with van der Waals surface area (Å²) in [5.41, 5.74) is 0. The van der Waals surface area contributed by atoms with Crippen LogP contribution >= 0.6 is 0 Å². The molecule has 0 spiro atoms. The third kappa shape index (κ3) is 3.91. The molecule has 0 amide bonds. The Morgan fingerprint density at radius 3 is 2.44 bits per heavy atom. The van der Waals surface area contributed by atoms with E-state index in [9.17, 15) is 0 Å². The van der Waals surface area contributed by atoms with E-state index in [1.54, 1.807) is 0 Å². The molecule has 1 fully saturated rings. The molecule has 100 valence electrons. The van der Waals surface area contributed by atoms with Crippen LogP contribution in [0.25, 0.3) is 0 Å². The molecule has 0 aliphatic heterocycles. The van der Waals surface area contributed by atoms with Gasteiger partial charge in [0.25, 0.3) is 0 Å². The van der Waals surface area contributed by atoms with Gasteiger partial charge in [0.05, 0.1) is 12.6 Å². The molecule has 18 heavy (non-hydrogen) atoms. The van der Waals surface area contributed by atoms with Crippen molar-refractivity contribution < 1.29 is 14.8 Å². The second-order valence-corrected chi connectivity index (χ2v) is 4.80. The molecule has 0 unspecified atom stereocenters. The first kappa shape index (κ1) is 13.2. The lowest BCUT2D eigenvalue weighted by molar-refractivity contribution is -0.688. The number of benzene rings is 1. The average molecular weight is 250 g/mol. The minimum absolute atomic E-state index is 0.675. The third-order valence-electron chi connectivity index (χ3n) is 3.42. The summed E-state index contributed by atoms with van der Waals surface area (Å²) in [6.07, 6.45) is 5.54. The van der Waals surface area contributed by atoms with Crippen LogP contribution in [0.2, 0.25) is 0 Å². The largest absolute Gasteiger partial charge is 0.490 e. The Balaban J connectivity index is 1.72. The van der Waals surface area contributed by atoms with Crippen LogP contribution in [0.15, 0.2) is 24.3 Å². The number of quaternary nitrogens is 1. The van der Waals surface area contributed by atoms with Gasteiger partial charge in [-0.15, -0.1) is 0 Å². The summed E-state index contributed by atoms with van der Waals surface area (Å²) in [5.74, 6) is 1.71. The molecule has 2 N–H and O–H groups in total. The fraction of sp³-hybridized carbons (Fsp3) is 0.600. The molecule has 1 aromatic rings. The van der Waals surface area contributed by atoms with Gasteiger partial charge >= 0.3 is 0 Å². The molecule has 0 saturated heterocycles. The standard InChI is InChI=1S/C15H23NO2/c1-2-17-14-9-5-6-10-15(14)18-12-11-16-13-7-3-4-8-13/h5-6,9-10,13,16H,2-4,7-8,11-12H2,1H3/p+1. The van der Waals surface area contributed by atoms with Crippen molar-refractivity contribution in [3.8, 4) is 11.5 Å². The fourth-order valence-corrected chi connectivity index (χ4v) is 2.51. The summed E-state index contributed by atoms with van der Waals surface area (Å²) in [6.45, 7) is 4.45. The maximum absolute atomic E-state index is 5.79. The molecule has 1 saturated carbocycles. The average Bonchev–Trinajstić information content (AvgIpc) is 2.90. The molecule has 1 aliphatic rings. The van der Waals surface area contributed by atoms with Crippen LogP contribution in [0.5, 0.6) is 11.5 Å². The van der Waals surface area contributed by atoms with Gasteiger partial charge in [0.15, 0.2) is 11.5 Å². The molecule has 1 aliphatic carbocycles. The first-order valence-corrected chi connectivity index (χ1v) is 7.08. The van der Waals surface area contributed by atoms with Gasteiger partial charge < -0.3 is 14.8 Å². The van der Waals surface area contributed by atoms with E-state index in [-0.39, 0.29) is 0 Å². The highest BCUT2D eigenvalue weighted by Crippen LogP contribution is 2.25. The highest BCUT2D eigenvalue weighted by atomic mass is 16.5. The van der Waals surface area contributed by atoms with Crippen LogP contribution in [0, 0.1) is 0 Å². The van der Waals surface area contributed by atoms with E-state index in [0.717, 1.165) is 30.7 Å². The third-order valence-corrected chi connectivity index (χ3v) is 3.42. The van der Waals surface area contributed by atoms with E-state index in [2.05, 4.69) is 5.32 Å². The molecule has 1 aromatic carbocycles. The number of nitrogens with two attached hydrogens (primary N) is 1. The number of hydrogen-bond donors (Lipinski definition) is 1. The highest BCUT2D eigenvalue weighted by molar-refractivity contribution is 5.39. The molecule has 0 heterocycles. The SMILES string of the molecule is CCOc1ccccc1OCC[NH2+]C1CCCC1. The van der Waals surface area contributed by atoms with Crippen molar-refractivity contribution >= 4 is 0 Å². The Labute approximate surface area is 109 Å². The Morgan fingerprint density at radius 2 is 1.78 bits per heavy atom. The summed E-state index contributed by atoms with van der Waals surface area (Å²) in [7, 11) is 0. The van der Waals surface area contributed by atoms with Crippen molar-refractivity contribution in [2.75, 3.05) is 19.8 Å². The van der Waals surface area contributed by atoms with Crippen LogP contribution in [-0.4, -0.2) is 25.8 Å². The number of ether oxygens (including phenoxy) is 2. The van der Waals surface area contributed by atoms with Crippen LogP contribution in [-0.2, 0) is 0 Å². The van der Waals surface area contributed by atoms with Crippen molar-refractivity contribution in [1.29, 1.82) is 0 Å². The highest BCUT2D eigenvalue weighted by Gasteiger charge is 2.17. The van der Waals surface area contributed by atoms with E-state index in [1.807, 2.05) is 31.2 Å². The maximum atomic E-state index is 5.79. The summed E-state index contributed by atoms with van der Waals surface area (Å²) in [4.78, 5) is 0. The summed E-state index contributed by atoms with van der Waals surface area (Å²) < 4.78 is 11.3. The smallest absolute Gasteiger partial charge is 0.161 e. The number of hydrogen-bond acceptors (Lipinski definition) is 2. The second kappa shape index (κ2) is 7.27.